The van der Waals surface area contributed by atoms with E-state index in [9.17, 15) is 9.59 Å². The summed E-state index contributed by atoms with van der Waals surface area (Å²) in [6, 6.07) is 0.630. The van der Waals surface area contributed by atoms with Crippen molar-refractivity contribution in [3.8, 4) is 0 Å². The van der Waals surface area contributed by atoms with Gasteiger partial charge in [-0.05, 0) is 44.4 Å². The van der Waals surface area contributed by atoms with E-state index in [2.05, 4.69) is 5.32 Å². The molecule has 3 amide bonds. The molecule has 0 atom stereocenters. The van der Waals surface area contributed by atoms with Gasteiger partial charge in [0.05, 0.1) is 0 Å². The average Bonchev–Trinajstić information content (AvgIpc) is 3.34. The summed E-state index contributed by atoms with van der Waals surface area (Å²) in [6.07, 6.45) is 6.48. The van der Waals surface area contributed by atoms with Gasteiger partial charge in [0.1, 0.15) is 6.54 Å². The summed E-state index contributed by atoms with van der Waals surface area (Å²) in [7, 11) is 1.74. The van der Waals surface area contributed by atoms with Crippen LogP contribution in [0, 0.1) is 5.92 Å². The molecular formula is C16H27N3O3. The van der Waals surface area contributed by atoms with Crippen LogP contribution in [0.15, 0.2) is 0 Å². The second-order valence-electron chi connectivity index (χ2n) is 6.86. The molecule has 2 aliphatic carbocycles. The number of urea groups is 1. The molecule has 3 aliphatic rings. The molecule has 124 valence electrons. The van der Waals surface area contributed by atoms with E-state index < -0.39 is 0 Å². The van der Waals surface area contributed by atoms with Crippen LogP contribution < -0.4 is 5.32 Å². The van der Waals surface area contributed by atoms with Gasteiger partial charge in [0.25, 0.3) is 0 Å². The van der Waals surface area contributed by atoms with Crippen LogP contribution in [0.3, 0.4) is 0 Å². The van der Waals surface area contributed by atoms with Gasteiger partial charge in [0.15, 0.2) is 0 Å². The smallest absolute Gasteiger partial charge is 0.318 e. The lowest BCUT2D eigenvalue weighted by atomic mass is 9.86. The first kappa shape index (κ1) is 15.6. The molecule has 0 spiro atoms. The molecule has 0 aromatic heterocycles. The van der Waals surface area contributed by atoms with Crippen molar-refractivity contribution in [2.45, 2.75) is 50.6 Å². The summed E-state index contributed by atoms with van der Waals surface area (Å²) in [6.45, 7) is 2.41. The zero-order valence-electron chi connectivity index (χ0n) is 13.4. The van der Waals surface area contributed by atoms with Crippen LogP contribution in [0.5, 0.6) is 0 Å². The van der Waals surface area contributed by atoms with Gasteiger partial charge in [0.2, 0.25) is 5.91 Å². The number of nitrogens with one attached hydrogen (secondary N) is 1. The van der Waals surface area contributed by atoms with Crippen LogP contribution >= 0.6 is 0 Å². The third-order valence-electron chi connectivity index (χ3n) is 5.11. The Bertz CT molecular complexity index is 417. The molecule has 6 heteroatoms. The highest BCUT2D eigenvalue weighted by Gasteiger charge is 2.37. The summed E-state index contributed by atoms with van der Waals surface area (Å²) >= 11 is 0. The zero-order valence-corrected chi connectivity index (χ0v) is 13.4. The number of hydrogen-bond donors (Lipinski definition) is 1. The maximum Gasteiger partial charge on any atom is 0.318 e. The lowest BCUT2D eigenvalue weighted by molar-refractivity contribution is -0.135. The van der Waals surface area contributed by atoms with Crippen molar-refractivity contribution in [2.24, 2.45) is 5.92 Å². The van der Waals surface area contributed by atoms with Crippen molar-refractivity contribution in [2.75, 3.05) is 33.4 Å². The second-order valence-corrected chi connectivity index (χ2v) is 6.86. The Morgan fingerprint density at radius 3 is 2.50 bits per heavy atom. The van der Waals surface area contributed by atoms with Gasteiger partial charge in [-0.1, -0.05) is 0 Å². The van der Waals surface area contributed by atoms with Gasteiger partial charge in [-0.15, -0.1) is 0 Å². The van der Waals surface area contributed by atoms with Gasteiger partial charge in [-0.2, -0.15) is 0 Å². The van der Waals surface area contributed by atoms with Gasteiger partial charge >= 0.3 is 6.03 Å². The number of piperazine rings is 1. The first-order valence-corrected chi connectivity index (χ1v) is 8.51. The normalized spacial score (nSPS) is 29.6. The van der Waals surface area contributed by atoms with Crippen LogP contribution in [-0.4, -0.2) is 67.2 Å². The Hall–Kier alpha value is -1.30. The number of hydrogen-bond acceptors (Lipinski definition) is 3. The number of nitrogens with zero attached hydrogens (tertiary/aromatic N) is 2. The zero-order chi connectivity index (χ0) is 15.5. The maximum atomic E-state index is 12.3. The molecule has 0 aromatic rings. The maximum absolute atomic E-state index is 12.3. The molecule has 1 saturated heterocycles. The highest BCUT2D eigenvalue weighted by molar-refractivity contribution is 5.85. The van der Waals surface area contributed by atoms with Crippen molar-refractivity contribution in [1.29, 1.82) is 0 Å². The molecule has 2 saturated carbocycles. The topological polar surface area (TPSA) is 61.9 Å². The predicted molar refractivity (Wildman–Crippen MR) is 82.5 cm³/mol. The monoisotopic (exact) mass is 309 g/mol. The van der Waals surface area contributed by atoms with Crippen LogP contribution in [0.4, 0.5) is 4.79 Å². The Labute approximate surface area is 132 Å². The lowest BCUT2D eigenvalue weighted by Gasteiger charge is -2.36. The van der Waals surface area contributed by atoms with Gasteiger partial charge < -0.3 is 19.9 Å². The van der Waals surface area contributed by atoms with Crippen LogP contribution in [-0.2, 0) is 9.53 Å². The number of methoxy groups -OCH3 is 1. The van der Waals surface area contributed by atoms with E-state index in [1.807, 2.05) is 4.90 Å². The molecule has 6 nitrogen and oxygen atoms in total. The van der Waals surface area contributed by atoms with Crippen molar-refractivity contribution in [3.05, 3.63) is 0 Å². The van der Waals surface area contributed by atoms with Crippen molar-refractivity contribution < 1.29 is 14.3 Å². The highest BCUT2D eigenvalue weighted by atomic mass is 16.5. The number of ether oxygens (including phenoxy) is 1. The molecule has 1 heterocycles. The van der Waals surface area contributed by atoms with E-state index in [1.165, 1.54) is 0 Å². The number of carbonyl (C=O) groups is 2. The Morgan fingerprint density at radius 1 is 1.18 bits per heavy atom. The number of carbonyl (C=O) groups excluding carboxylic acids is 2. The molecule has 0 bridgehead atoms. The second kappa shape index (κ2) is 6.86. The van der Waals surface area contributed by atoms with Gasteiger partial charge in [0, 0.05) is 38.9 Å². The minimum absolute atomic E-state index is 0.0704. The Balaban J connectivity index is 1.42. The van der Waals surface area contributed by atoms with E-state index in [0.29, 0.717) is 25.0 Å². The standard InChI is InChI=1S/C16H27N3O3/c1-22-11-12-2-4-13(5-3-12)17-16(21)18-8-9-19(14-6-7-14)15(20)10-18/h12-14H,2-11H2,1H3,(H,17,21). The fourth-order valence-corrected chi connectivity index (χ4v) is 3.61. The molecule has 0 unspecified atom stereocenters. The average molecular weight is 309 g/mol. The molecule has 22 heavy (non-hydrogen) atoms. The largest absolute Gasteiger partial charge is 0.384 e. The first-order valence-electron chi connectivity index (χ1n) is 8.51. The van der Waals surface area contributed by atoms with Crippen molar-refractivity contribution >= 4 is 11.9 Å². The highest BCUT2D eigenvalue weighted by Crippen LogP contribution is 2.28. The minimum atomic E-state index is -0.0704. The Morgan fingerprint density at radius 2 is 1.91 bits per heavy atom. The SMILES string of the molecule is COCC1CCC(NC(=O)N2CCN(C3CC3)C(=O)C2)CC1. The number of rotatable bonds is 4. The fraction of sp³-hybridized carbons (Fsp3) is 0.875. The molecule has 3 fully saturated rings. The molecule has 0 radical (unpaired) electrons. The van der Waals surface area contributed by atoms with E-state index in [4.69, 9.17) is 4.74 Å². The summed E-state index contributed by atoms with van der Waals surface area (Å²) in [5.41, 5.74) is 0. The summed E-state index contributed by atoms with van der Waals surface area (Å²) < 4.78 is 5.20. The molecule has 1 aliphatic heterocycles. The van der Waals surface area contributed by atoms with E-state index in [0.717, 1.165) is 45.1 Å². The summed E-state index contributed by atoms with van der Waals surface area (Å²) in [5.74, 6) is 0.731. The molecule has 1 N–H and O–H groups in total. The summed E-state index contributed by atoms with van der Waals surface area (Å²) in [4.78, 5) is 28.0. The number of amides is 3. The third-order valence-corrected chi connectivity index (χ3v) is 5.11. The quantitative estimate of drug-likeness (QED) is 0.849. The molecule has 0 aromatic carbocycles. The Kier molecular flexibility index (Phi) is 4.86. The summed E-state index contributed by atoms with van der Waals surface area (Å²) in [5, 5.41) is 3.11. The van der Waals surface area contributed by atoms with Crippen molar-refractivity contribution in [1.82, 2.24) is 15.1 Å². The van der Waals surface area contributed by atoms with Crippen LogP contribution in [0.2, 0.25) is 0 Å². The van der Waals surface area contributed by atoms with Gasteiger partial charge in [-0.3, -0.25) is 4.79 Å². The minimum Gasteiger partial charge on any atom is -0.384 e. The first-order chi connectivity index (χ1) is 10.7. The molecular weight excluding hydrogens is 282 g/mol. The van der Waals surface area contributed by atoms with E-state index in [-0.39, 0.29) is 24.5 Å². The fourth-order valence-electron chi connectivity index (χ4n) is 3.61. The van der Waals surface area contributed by atoms with Gasteiger partial charge in [-0.25, -0.2) is 4.79 Å². The predicted octanol–water partition coefficient (Wildman–Crippen LogP) is 1.21. The van der Waals surface area contributed by atoms with Crippen LogP contribution in [0.25, 0.3) is 0 Å². The van der Waals surface area contributed by atoms with E-state index >= 15 is 0 Å². The lowest BCUT2D eigenvalue weighted by Crippen LogP contribution is -2.56. The molecule has 3 rings (SSSR count). The van der Waals surface area contributed by atoms with Crippen molar-refractivity contribution in [3.63, 3.8) is 0 Å². The van der Waals surface area contributed by atoms with Crippen LogP contribution in [0.1, 0.15) is 38.5 Å². The third kappa shape index (κ3) is 3.72. The van der Waals surface area contributed by atoms with E-state index in [1.54, 1.807) is 12.0 Å².